The van der Waals surface area contributed by atoms with Crippen molar-refractivity contribution in [3.8, 4) is 0 Å². The summed E-state index contributed by atoms with van der Waals surface area (Å²) in [6.45, 7) is 4.37. The molecule has 5 nitrogen and oxygen atoms in total. The van der Waals surface area contributed by atoms with Crippen molar-refractivity contribution in [1.29, 1.82) is 0 Å². The van der Waals surface area contributed by atoms with Crippen molar-refractivity contribution in [2.75, 3.05) is 20.3 Å². The number of benzene rings is 1. The van der Waals surface area contributed by atoms with Crippen LogP contribution in [0, 0.1) is 0 Å². The molecule has 0 saturated heterocycles. The average molecular weight is 488 g/mol. The molecule has 0 heterocycles. The lowest BCUT2D eigenvalue weighted by Gasteiger charge is -2.16. The fraction of sp³-hybridized carbons (Fsp3) is 0.480. The third-order valence-corrected chi connectivity index (χ3v) is 4.89. The highest BCUT2D eigenvalue weighted by atomic mass is 19.3. The van der Waals surface area contributed by atoms with E-state index < -0.39 is 30.3 Å². The first kappa shape index (κ1) is 29.2. The number of rotatable bonds is 12. The van der Waals surface area contributed by atoms with E-state index in [9.17, 15) is 22.4 Å². The van der Waals surface area contributed by atoms with E-state index in [4.69, 9.17) is 9.84 Å². The number of ether oxygens (including phenoxy) is 2. The number of carboxylic acids is 1. The highest BCUT2D eigenvalue weighted by Crippen LogP contribution is 2.28. The van der Waals surface area contributed by atoms with Crippen LogP contribution in [0.3, 0.4) is 0 Å². The minimum atomic E-state index is -4.03. The first-order valence-corrected chi connectivity index (χ1v) is 11.2. The second-order valence-electron chi connectivity index (χ2n) is 7.30. The molecule has 0 spiro atoms. The van der Waals surface area contributed by atoms with Crippen LogP contribution in [0.25, 0.3) is 0 Å². The number of methoxy groups -OCH3 is 1. The van der Waals surface area contributed by atoms with E-state index in [1.165, 1.54) is 7.11 Å². The Labute approximate surface area is 198 Å². The van der Waals surface area contributed by atoms with E-state index >= 15 is 0 Å². The lowest BCUT2D eigenvalue weighted by molar-refractivity contribution is -0.219. The Morgan fingerprint density at radius 3 is 2.47 bits per heavy atom. The van der Waals surface area contributed by atoms with Crippen molar-refractivity contribution in [2.24, 2.45) is 0 Å². The van der Waals surface area contributed by atoms with Gasteiger partial charge in [-0.3, -0.25) is 4.79 Å². The van der Waals surface area contributed by atoms with Crippen molar-refractivity contribution in [2.45, 2.75) is 59.1 Å². The Kier molecular flexibility index (Phi) is 12.4. The smallest absolute Gasteiger partial charge is 0.427 e. The molecule has 9 heteroatoms. The van der Waals surface area contributed by atoms with Crippen LogP contribution < -0.4 is 5.32 Å². The Bertz CT molecular complexity index is 910. The summed E-state index contributed by atoms with van der Waals surface area (Å²) in [6.07, 6.45) is -0.847. The van der Waals surface area contributed by atoms with Gasteiger partial charge >= 0.3 is 12.1 Å². The molecule has 0 bridgehead atoms. The van der Waals surface area contributed by atoms with E-state index in [-0.39, 0.29) is 30.7 Å². The van der Waals surface area contributed by atoms with Gasteiger partial charge in [0.2, 0.25) is 0 Å². The molecule has 1 aliphatic rings. The lowest BCUT2D eigenvalue weighted by atomic mass is 9.99. The van der Waals surface area contributed by atoms with Gasteiger partial charge in [0.15, 0.2) is 6.67 Å². The molecule has 0 saturated carbocycles. The standard InChI is InChI=1S/C23H27F4NO4.C2H6/c1-3-16-8-15(5-7-22(29)30)4-6-17(16)12-28-13-18-9-20(32-23(26,27)14-24)10-19(31-2)11-21(18)25;1-2/h4,6,8-10,28H,3,5,7,11-14H2,1-2H3,(H,29,30);1-2H3. The zero-order valence-corrected chi connectivity index (χ0v) is 20.0. The molecule has 0 aromatic heterocycles. The van der Waals surface area contributed by atoms with Crippen LogP contribution in [-0.2, 0) is 33.7 Å². The molecular formula is C25H33F4NO4. The number of carboxylic acid groups (broad SMARTS) is 1. The first-order valence-electron chi connectivity index (χ1n) is 11.2. The van der Waals surface area contributed by atoms with Crippen LogP contribution in [0.15, 0.2) is 53.3 Å². The van der Waals surface area contributed by atoms with Crippen LogP contribution in [0.5, 0.6) is 0 Å². The average Bonchev–Trinajstić information content (AvgIpc) is 2.97. The van der Waals surface area contributed by atoms with Gasteiger partial charge in [-0.05, 0) is 35.6 Å². The molecule has 1 aromatic carbocycles. The molecule has 0 radical (unpaired) electrons. The third-order valence-electron chi connectivity index (χ3n) is 4.89. The van der Waals surface area contributed by atoms with Gasteiger partial charge in [-0.15, -0.1) is 0 Å². The number of hydrogen-bond donors (Lipinski definition) is 2. The summed E-state index contributed by atoms with van der Waals surface area (Å²) in [4.78, 5) is 10.8. The van der Waals surface area contributed by atoms with E-state index in [0.717, 1.165) is 35.3 Å². The zero-order valence-electron chi connectivity index (χ0n) is 20.0. The Hall–Kier alpha value is -2.81. The summed E-state index contributed by atoms with van der Waals surface area (Å²) in [5.74, 6) is -1.76. The summed E-state index contributed by atoms with van der Waals surface area (Å²) in [7, 11) is 1.28. The number of nitrogens with one attached hydrogen (secondary N) is 1. The van der Waals surface area contributed by atoms with Gasteiger partial charge in [0.1, 0.15) is 17.3 Å². The van der Waals surface area contributed by atoms with Crippen LogP contribution >= 0.6 is 0 Å². The molecule has 0 unspecified atom stereocenters. The second kappa shape index (κ2) is 14.5. The van der Waals surface area contributed by atoms with E-state index in [2.05, 4.69) is 10.1 Å². The van der Waals surface area contributed by atoms with Gasteiger partial charge in [0, 0.05) is 31.2 Å². The number of halogens is 4. The maximum atomic E-state index is 14.6. The van der Waals surface area contributed by atoms with Crippen molar-refractivity contribution in [1.82, 2.24) is 5.32 Å². The molecule has 2 N–H and O–H groups in total. The fourth-order valence-electron chi connectivity index (χ4n) is 3.22. The predicted octanol–water partition coefficient (Wildman–Crippen LogP) is 6.00. The molecule has 0 fully saturated rings. The summed E-state index contributed by atoms with van der Waals surface area (Å²) < 4.78 is 63.2. The zero-order chi connectivity index (χ0) is 25.7. The number of hydrogen-bond acceptors (Lipinski definition) is 4. The first-order chi connectivity index (χ1) is 16.2. The number of carbonyl (C=O) groups is 1. The van der Waals surface area contributed by atoms with Gasteiger partial charge in [0.25, 0.3) is 0 Å². The highest BCUT2D eigenvalue weighted by Gasteiger charge is 2.33. The molecule has 2 rings (SSSR count). The van der Waals surface area contributed by atoms with Crippen LogP contribution in [-0.4, -0.2) is 37.5 Å². The summed E-state index contributed by atoms with van der Waals surface area (Å²) >= 11 is 0. The maximum Gasteiger partial charge on any atom is 0.427 e. The molecule has 1 aliphatic carbocycles. The molecule has 0 atom stereocenters. The SMILES string of the molecule is CC.CCc1cc(CCC(=O)O)ccc1CNCC1=C(F)CC(OC)=CC(OC(F)(F)CF)=C1. The molecule has 34 heavy (non-hydrogen) atoms. The quantitative estimate of drug-likeness (QED) is 0.354. The minimum absolute atomic E-state index is 0.0225. The molecule has 0 amide bonds. The Balaban J connectivity index is 0.00000281. The number of alkyl halides is 3. The summed E-state index contributed by atoms with van der Waals surface area (Å²) in [6, 6.07) is 5.69. The van der Waals surface area contributed by atoms with Crippen molar-refractivity contribution in [3.63, 3.8) is 0 Å². The van der Waals surface area contributed by atoms with Crippen LogP contribution in [0.2, 0.25) is 0 Å². The number of allylic oxidation sites excluding steroid dienone is 2. The number of aliphatic carboxylic acids is 1. The molecular weight excluding hydrogens is 454 g/mol. The van der Waals surface area contributed by atoms with Crippen molar-refractivity contribution >= 4 is 5.97 Å². The van der Waals surface area contributed by atoms with Gasteiger partial charge < -0.3 is 19.9 Å². The maximum absolute atomic E-state index is 14.6. The summed E-state index contributed by atoms with van der Waals surface area (Å²) in [5, 5.41) is 11.9. The monoisotopic (exact) mass is 487 g/mol. The lowest BCUT2D eigenvalue weighted by Crippen LogP contribution is -2.23. The van der Waals surface area contributed by atoms with E-state index in [1.807, 2.05) is 39.0 Å². The van der Waals surface area contributed by atoms with Gasteiger partial charge in [0.05, 0.1) is 13.5 Å². The van der Waals surface area contributed by atoms with Gasteiger partial charge in [-0.2, -0.15) is 8.78 Å². The van der Waals surface area contributed by atoms with E-state index in [1.54, 1.807) is 0 Å². The Morgan fingerprint density at radius 1 is 1.18 bits per heavy atom. The van der Waals surface area contributed by atoms with Crippen LogP contribution in [0.1, 0.15) is 50.3 Å². The van der Waals surface area contributed by atoms with E-state index in [0.29, 0.717) is 13.0 Å². The normalized spacial score (nSPS) is 13.9. The Morgan fingerprint density at radius 2 is 1.88 bits per heavy atom. The fourth-order valence-corrected chi connectivity index (χ4v) is 3.22. The largest absolute Gasteiger partial charge is 0.501 e. The molecule has 0 aliphatic heterocycles. The molecule has 190 valence electrons. The number of aryl methyl sites for hydroxylation is 2. The van der Waals surface area contributed by atoms with Crippen molar-refractivity contribution in [3.05, 3.63) is 70.0 Å². The second-order valence-corrected chi connectivity index (χ2v) is 7.30. The predicted molar refractivity (Wildman–Crippen MR) is 123 cm³/mol. The summed E-state index contributed by atoms with van der Waals surface area (Å²) in [5.41, 5.74) is 3.00. The van der Waals surface area contributed by atoms with Crippen molar-refractivity contribution < 1.29 is 36.9 Å². The molecule has 1 aromatic rings. The minimum Gasteiger partial charge on any atom is -0.501 e. The highest BCUT2D eigenvalue weighted by molar-refractivity contribution is 5.67. The third kappa shape index (κ3) is 9.59. The van der Waals surface area contributed by atoms with Crippen LogP contribution in [0.4, 0.5) is 17.6 Å². The van der Waals surface area contributed by atoms with Gasteiger partial charge in [-0.1, -0.05) is 39.0 Å². The topological polar surface area (TPSA) is 67.8 Å². The van der Waals surface area contributed by atoms with Gasteiger partial charge in [-0.25, -0.2) is 8.78 Å².